The molecule has 0 atom stereocenters. The predicted molar refractivity (Wildman–Crippen MR) is 118 cm³/mol. The van der Waals surface area contributed by atoms with Crippen LogP contribution in [0.5, 0.6) is 11.5 Å². The van der Waals surface area contributed by atoms with Crippen LogP contribution in [0.1, 0.15) is 66.9 Å². The van der Waals surface area contributed by atoms with Gasteiger partial charge in [-0.3, -0.25) is 4.79 Å². The Bertz CT molecular complexity index is 898. The van der Waals surface area contributed by atoms with Crippen LogP contribution in [0.25, 0.3) is 0 Å². The number of halogens is 3. The summed E-state index contributed by atoms with van der Waals surface area (Å²) in [6.07, 6.45) is 3.89. The third-order valence-electron chi connectivity index (χ3n) is 4.77. The maximum absolute atomic E-state index is 12.8. The molecule has 0 saturated heterocycles. The van der Waals surface area contributed by atoms with Gasteiger partial charge in [0, 0.05) is 5.56 Å². The fourth-order valence-corrected chi connectivity index (χ4v) is 3.01. The second-order valence-corrected chi connectivity index (χ2v) is 7.30. The van der Waals surface area contributed by atoms with Crippen LogP contribution in [0.3, 0.4) is 0 Å². The van der Waals surface area contributed by atoms with Crippen molar-refractivity contribution in [3.63, 3.8) is 0 Å². The smallest absolute Gasteiger partial charge is 0.416 e. The van der Waals surface area contributed by atoms with Crippen molar-refractivity contribution < 1.29 is 27.4 Å². The summed E-state index contributed by atoms with van der Waals surface area (Å²) < 4.78 is 49.5. The molecule has 0 aliphatic heterocycles. The summed E-state index contributed by atoms with van der Waals surface area (Å²) in [6, 6.07) is 9.36. The molecular weight excluding hydrogens is 421 g/mol. The first-order chi connectivity index (χ1) is 15.3. The maximum atomic E-state index is 12.8. The minimum absolute atomic E-state index is 0.131. The molecule has 1 amide bonds. The maximum Gasteiger partial charge on any atom is 0.416 e. The predicted octanol–water partition coefficient (Wildman–Crippen LogP) is 6.22. The highest BCUT2D eigenvalue weighted by atomic mass is 19.4. The van der Waals surface area contributed by atoms with E-state index in [0.717, 1.165) is 25.0 Å². The molecule has 0 spiro atoms. The molecular formula is C24H29F3N2O3. The average molecular weight is 451 g/mol. The van der Waals surface area contributed by atoms with Gasteiger partial charge in [-0.2, -0.15) is 18.3 Å². The minimum Gasteiger partial charge on any atom is -0.493 e. The molecule has 0 saturated carbocycles. The summed E-state index contributed by atoms with van der Waals surface area (Å²) in [4.78, 5) is 12.1. The zero-order chi connectivity index (χ0) is 23.4. The number of unbranched alkanes of at least 4 members (excludes halogenated alkanes) is 5. The summed E-state index contributed by atoms with van der Waals surface area (Å²) >= 11 is 0. The Labute approximate surface area is 186 Å². The molecule has 0 unspecified atom stereocenters. The number of ether oxygens (including phenoxy) is 2. The largest absolute Gasteiger partial charge is 0.493 e. The molecule has 0 fully saturated rings. The molecule has 2 aromatic rings. The molecule has 174 valence electrons. The Morgan fingerprint density at radius 2 is 1.78 bits per heavy atom. The van der Waals surface area contributed by atoms with Crippen LogP contribution < -0.4 is 14.9 Å². The molecule has 5 nitrogen and oxygen atoms in total. The van der Waals surface area contributed by atoms with Gasteiger partial charge in [0.15, 0.2) is 11.5 Å². The number of rotatable bonds is 12. The standard InChI is InChI=1S/C24H29F3N2O3/c1-3-4-5-6-7-8-14-32-21-13-12-18(15-22(21)31-2)17-28-29-23(30)19-10-9-11-20(16-19)24(25,26)27/h9-13,15-17H,3-8,14H2,1-2H3,(H,29,30). The number of carbonyl (C=O) groups is 1. The molecule has 1 N–H and O–H groups in total. The molecule has 0 aliphatic rings. The van der Waals surface area contributed by atoms with E-state index in [1.54, 1.807) is 18.2 Å². The third kappa shape index (κ3) is 8.24. The molecule has 0 aliphatic carbocycles. The highest BCUT2D eigenvalue weighted by Gasteiger charge is 2.30. The molecule has 2 rings (SSSR count). The Kier molecular flexibility index (Phi) is 10.0. The van der Waals surface area contributed by atoms with Crippen LogP contribution in [0.2, 0.25) is 0 Å². The summed E-state index contributed by atoms with van der Waals surface area (Å²) in [5.41, 5.74) is 1.84. The number of carbonyl (C=O) groups excluding carboxylic acids is 1. The topological polar surface area (TPSA) is 59.9 Å². The second kappa shape index (κ2) is 12.7. The zero-order valence-electron chi connectivity index (χ0n) is 18.4. The van der Waals surface area contributed by atoms with Crippen LogP contribution in [-0.4, -0.2) is 25.8 Å². The second-order valence-electron chi connectivity index (χ2n) is 7.30. The number of nitrogens with zero attached hydrogens (tertiary/aromatic N) is 1. The number of alkyl halides is 3. The number of hydrazone groups is 1. The monoisotopic (exact) mass is 450 g/mol. The fraction of sp³-hybridized carbons (Fsp3) is 0.417. The number of hydrogen-bond donors (Lipinski definition) is 1. The van der Waals surface area contributed by atoms with E-state index >= 15 is 0 Å². The Hall–Kier alpha value is -3.03. The van der Waals surface area contributed by atoms with E-state index in [4.69, 9.17) is 9.47 Å². The van der Waals surface area contributed by atoms with Gasteiger partial charge < -0.3 is 9.47 Å². The van der Waals surface area contributed by atoms with Gasteiger partial charge in [-0.25, -0.2) is 5.43 Å². The summed E-state index contributed by atoms with van der Waals surface area (Å²) in [5.74, 6) is 0.411. The Balaban J connectivity index is 1.89. The number of nitrogens with one attached hydrogen (secondary N) is 1. The lowest BCUT2D eigenvalue weighted by atomic mass is 10.1. The van der Waals surface area contributed by atoms with Crippen molar-refractivity contribution in [1.82, 2.24) is 5.43 Å². The van der Waals surface area contributed by atoms with Crippen molar-refractivity contribution in [3.8, 4) is 11.5 Å². The van der Waals surface area contributed by atoms with Crippen LogP contribution in [0.4, 0.5) is 13.2 Å². The highest BCUT2D eigenvalue weighted by Crippen LogP contribution is 2.30. The number of amides is 1. The number of hydrogen-bond acceptors (Lipinski definition) is 4. The van der Waals surface area contributed by atoms with Gasteiger partial charge in [-0.15, -0.1) is 0 Å². The Morgan fingerprint density at radius 1 is 1.03 bits per heavy atom. The van der Waals surface area contributed by atoms with E-state index in [-0.39, 0.29) is 5.56 Å². The SMILES string of the molecule is CCCCCCCCOc1ccc(C=NNC(=O)c2cccc(C(F)(F)F)c2)cc1OC. The first-order valence-electron chi connectivity index (χ1n) is 10.7. The van der Waals surface area contributed by atoms with Crippen molar-refractivity contribution in [3.05, 3.63) is 59.2 Å². The summed E-state index contributed by atoms with van der Waals surface area (Å²) in [6.45, 7) is 2.79. The highest BCUT2D eigenvalue weighted by molar-refractivity contribution is 5.95. The van der Waals surface area contributed by atoms with E-state index in [1.807, 2.05) is 0 Å². The zero-order valence-corrected chi connectivity index (χ0v) is 18.4. The van der Waals surface area contributed by atoms with Gasteiger partial charge in [0.05, 0.1) is 25.5 Å². The van der Waals surface area contributed by atoms with Gasteiger partial charge in [0.1, 0.15) is 0 Å². The first kappa shape index (κ1) is 25.2. The average Bonchev–Trinajstić information content (AvgIpc) is 2.78. The quantitative estimate of drug-likeness (QED) is 0.237. The van der Waals surface area contributed by atoms with Crippen molar-refractivity contribution >= 4 is 12.1 Å². The van der Waals surface area contributed by atoms with Gasteiger partial charge in [-0.05, 0) is 48.4 Å². The van der Waals surface area contributed by atoms with Crippen LogP contribution in [-0.2, 0) is 6.18 Å². The van der Waals surface area contributed by atoms with E-state index in [9.17, 15) is 18.0 Å². The molecule has 8 heteroatoms. The normalized spacial score (nSPS) is 11.5. The van der Waals surface area contributed by atoms with Crippen molar-refractivity contribution in [2.45, 2.75) is 51.6 Å². The molecule has 0 heterocycles. The lowest BCUT2D eigenvalue weighted by Crippen LogP contribution is -2.18. The van der Waals surface area contributed by atoms with E-state index < -0.39 is 17.6 Å². The molecule has 32 heavy (non-hydrogen) atoms. The van der Waals surface area contributed by atoms with Crippen LogP contribution in [0.15, 0.2) is 47.6 Å². The van der Waals surface area contributed by atoms with Crippen LogP contribution in [0, 0.1) is 0 Å². The van der Waals surface area contributed by atoms with E-state index in [2.05, 4.69) is 17.5 Å². The van der Waals surface area contributed by atoms with Crippen molar-refractivity contribution in [2.75, 3.05) is 13.7 Å². The Morgan fingerprint density at radius 3 is 2.50 bits per heavy atom. The fourth-order valence-electron chi connectivity index (χ4n) is 3.01. The van der Waals surface area contributed by atoms with Gasteiger partial charge >= 0.3 is 6.18 Å². The molecule has 2 aromatic carbocycles. The third-order valence-corrected chi connectivity index (χ3v) is 4.77. The summed E-state index contributed by atoms with van der Waals surface area (Å²) in [7, 11) is 1.53. The minimum atomic E-state index is -4.52. The lowest BCUT2D eigenvalue weighted by Gasteiger charge is -2.11. The molecule has 0 bridgehead atoms. The van der Waals surface area contributed by atoms with Gasteiger partial charge in [0.25, 0.3) is 5.91 Å². The van der Waals surface area contributed by atoms with Gasteiger partial charge in [-0.1, -0.05) is 45.1 Å². The van der Waals surface area contributed by atoms with E-state index in [0.29, 0.717) is 23.7 Å². The molecule has 0 aromatic heterocycles. The van der Waals surface area contributed by atoms with E-state index in [1.165, 1.54) is 51.1 Å². The van der Waals surface area contributed by atoms with Crippen LogP contribution >= 0.6 is 0 Å². The van der Waals surface area contributed by atoms with Gasteiger partial charge in [0.2, 0.25) is 0 Å². The van der Waals surface area contributed by atoms with Crippen molar-refractivity contribution in [2.24, 2.45) is 5.10 Å². The summed E-state index contributed by atoms with van der Waals surface area (Å²) in [5, 5.41) is 3.82. The lowest BCUT2D eigenvalue weighted by molar-refractivity contribution is -0.137. The number of methoxy groups -OCH3 is 1. The first-order valence-corrected chi connectivity index (χ1v) is 10.7. The molecule has 0 radical (unpaired) electrons. The number of benzene rings is 2. The van der Waals surface area contributed by atoms with Crippen molar-refractivity contribution in [1.29, 1.82) is 0 Å².